The number of hydrogen-bond donors (Lipinski definition) is 0. The van der Waals surface area contributed by atoms with Crippen LogP contribution < -0.4 is 4.74 Å². The monoisotopic (exact) mass is 404 g/mol. The van der Waals surface area contributed by atoms with Gasteiger partial charge in [0.05, 0.1) is 6.04 Å². The standard InChI is InChI=1S/C25H28N2O3/c28-24(15-10-20-7-2-1-3-8-20)27-18-6-9-22(27)19-30-23-13-11-21(12-14-23)25(29)26-16-4-5-17-26/h1-3,7-8,10-15,22H,4-6,9,16-19H2/b15-10+. The predicted molar refractivity (Wildman–Crippen MR) is 117 cm³/mol. The quantitative estimate of drug-likeness (QED) is 0.684. The third kappa shape index (κ3) is 4.90. The minimum atomic E-state index is 0.0245. The largest absolute Gasteiger partial charge is 0.491 e. The molecule has 0 radical (unpaired) electrons. The first-order valence-electron chi connectivity index (χ1n) is 10.8. The molecule has 2 aliphatic rings. The number of carbonyl (C=O) groups excluding carboxylic acids is 2. The molecule has 2 amide bonds. The van der Waals surface area contributed by atoms with Crippen LogP contribution in [0.25, 0.3) is 6.08 Å². The summed E-state index contributed by atoms with van der Waals surface area (Å²) in [6.45, 7) is 2.92. The highest BCUT2D eigenvalue weighted by Gasteiger charge is 2.28. The number of benzene rings is 2. The summed E-state index contributed by atoms with van der Waals surface area (Å²) in [5.74, 6) is 0.848. The van der Waals surface area contributed by atoms with E-state index in [-0.39, 0.29) is 17.9 Å². The van der Waals surface area contributed by atoms with Crippen LogP contribution in [0.5, 0.6) is 5.75 Å². The van der Waals surface area contributed by atoms with E-state index in [2.05, 4.69) is 0 Å². The molecule has 2 fully saturated rings. The van der Waals surface area contributed by atoms with E-state index in [4.69, 9.17) is 4.74 Å². The van der Waals surface area contributed by atoms with Gasteiger partial charge in [-0.15, -0.1) is 0 Å². The first kappa shape index (κ1) is 20.2. The molecular weight excluding hydrogens is 376 g/mol. The highest BCUT2D eigenvalue weighted by atomic mass is 16.5. The molecule has 0 spiro atoms. The summed E-state index contributed by atoms with van der Waals surface area (Å²) in [5.41, 5.74) is 1.72. The zero-order valence-electron chi connectivity index (χ0n) is 17.2. The molecule has 4 rings (SSSR count). The summed E-state index contributed by atoms with van der Waals surface area (Å²) in [5, 5.41) is 0. The Balaban J connectivity index is 1.31. The maximum Gasteiger partial charge on any atom is 0.253 e. The molecule has 5 heteroatoms. The number of nitrogens with zero attached hydrogens (tertiary/aromatic N) is 2. The van der Waals surface area contributed by atoms with Gasteiger partial charge in [-0.2, -0.15) is 0 Å². The Kier molecular flexibility index (Phi) is 6.47. The second-order valence-electron chi connectivity index (χ2n) is 7.91. The second-order valence-corrected chi connectivity index (χ2v) is 7.91. The summed E-state index contributed by atoms with van der Waals surface area (Å²) in [7, 11) is 0. The van der Waals surface area contributed by atoms with Gasteiger partial charge < -0.3 is 14.5 Å². The Morgan fingerprint density at radius 2 is 1.67 bits per heavy atom. The molecule has 2 saturated heterocycles. The molecule has 0 aromatic heterocycles. The lowest BCUT2D eigenvalue weighted by Gasteiger charge is -2.23. The number of carbonyl (C=O) groups is 2. The van der Waals surface area contributed by atoms with Crippen LogP contribution in [0.1, 0.15) is 41.6 Å². The summed E-state index contributed by atoms with van der Waals surface area (Å²) in [4.78, 5) is 28.9. The van der Waals surface area contributed by atoms with E-state index >= 15 is 0 Å². The maximum absolute atomic E-state index is 12.6. The lowest BCUT2D eigenvalue weighted by atomic mass is 10.2. The van der Waals surface area contributed by atoms with Crippen LogP contribution in [-0.4, -0.2) is 53.9 Å². The Hall–Kier alpha value is -3.08. The first-order valence-corrected chi connectivity index (χ1v) is 10.8. The molecule has 30 heavy (non-hydrogen) atoms. The smallest absolute Gasteiger partial charge is 0.253 e. The van der Waals surface area contributed by atoms with Gasteiger partial charge in [-0.1, -0.05) is 30.3 Å². The SMILES string of the molecule is O=C(c1ccc(OCC2CCCN2C(=O)/C=C/c2ccccc2)cc1)N1CCCC1. The minimum absolute atomic E-state index is 0.0245. The van der Waals surface area contributed by atoms with E-state index in [9.17, 15) is 9.59 Å². The normalized spacial score (nSPS) is 18.9. The van der Waals surface area contributed by atoms with Crippen molar-refractivity contribution in [2.75, 3.05) is 26.2 Å². The Labute approximate surface area is 177 Å². The van der Waals surface area contributed by atoms with Crippen molar-refractivity contribution in [1.82, 2.24) is 9.80 Å². The van der Waals surface area contributed by atoms with Gasteiger partial charge in [0.2, 0.25) is 5.91 Å². The van der Waals surface area contributed by atoms with Crippen LogP contribution in [0.2, 0.25) is 0 Å². The van der Waals surface area contributed by atoms with E-state index in [1.807, 2.05) is 70.5 Å². The van der Waals surface area contributed by atoms with Gasteiger partial charge >= 0.3 is 0 Å². The Morgan fingerprint density at radius 1 is 0.933 bits per heavy atom. The molecule has 0 saturated carbocycles. The van der Waals surface area contributed by atoms with Crippen molar-refractivity contribution >= 4 is 17.9 Å². The molecule has 5 nitrogen and oxygen atoms in total. The van der Waals surface area contributed by atoms with E-state index in [0.29, 0.717) is 12.2 Å². The van der Waals surface area contributed by atoms with E-state index in [0.717, 1.165) is 56.6 Å². The van der Waals surface area contributed by atoms with Gasteiger partial charge in [0.15, 0.2) is 0 Å². The third-order valence-corrected chi connectivity index (χ3v) is 5.82. The average Bonchev–Trinajstić information content (AvgIpc) is 3.49. The molecule has 1 unspecified atom stereocenters. The summed E-state index contributed by atoms with van der Waals surface area (Å²) in [6, 6.07) is 17.3. The van der Waals surface area contributed by atoms with Crippen molar-refractivity contribution in [2.24, 2.45) is 0 Å². The van der Waals surface area contributed by atoms with Gasteiger partial charge in [-0.3, -0.25) is 9.59 Å². The van der Waals surface area contributed by atoms with Crippen molar-refractivity contribution in [3.05, 3.63) is 71.8 Å². The number of rotatable bonds is 6. The van der Waals surface area contributed by atoms with E-state index in [1.54, 1.807) is 6.08 Å². The molecule has 2 heterocycles. The van der Waals surface area contributed by atoms with E-state index in [1.165, 1.54) is 0 Å². The van der Waals surface area contributed by atoms with Gasteiger partial charge in [0, 0.05) is 31.3 Å². The third-order valence-electron chi connectivity index (χ3n) is 5.82. The number of amides is 2. The van der Waals surface area contributed by atoms with Crippen LogP contribution in [0.4, 0.5) is 0 Å². The second kappa shape index (κ2) is 9.61. The number of likely N-dealkylation sites (tertiary alicyclic amines) is 2. The fourth-order valence-corrected chi connectivity index (χ4v) is 4.12. The topological polar surface area (TPSA) is 49.9 Å². The highest BCUT2D eigenvalue weighted by molar-refractivity contribution is 5.94. The fourth-order valence-electron chi connectivity index (χ4n) is 4.12. The Morgan fingerprint density at radius 3 is 2.40 bits per heavy atom. The molecule has 2 aliphatic heterocycles. The number of ether oxygens (including phenoxy) is 1. The van der Waals surface area contributed by atoms with Crippen LogP contribution in [-0.2, 0) is 4.79 Å². The maximum atomic E-state index is 12.6. The Bertz CT molecular complexity index is 886. The molecule has 156 valence electrons. The van der Waals surface area contributed by atoms with Gasteiger partial charge in [-0.05, 0) is 61.6 Å². The van der Waals surface area contributed by atoms with E-state index < -0.39 is 0 Å². The van der Waals surface area contributed by atoms with Crippen LogP contribution >= 0.6 is 0 Å². The molecular formula is C25H28N2O3. The zero-order chi connectivity index (χ0) is 20.8. The lowest BCUT2D eigenvalue weighted by molar-refractivity contribution is -0.127. The van der Waals surface area contributed by atoms with Crippen molar-refractivity contribution in [3.63, 3.8) is 0 Å². The first-order chi connectivity index (χ1) is 14.7. The predicted octanol–water partition coefficient (Wildman–Crippen LogP) is 4.01. The highest BCUT2D eigenvalue weighted by Crippen LogP contribution is 2.21. The lowest BCUT2D eigenvalue weighted by Crippen LogP contribution is -2.38. The fraction of sp³-hybridized carbons (Fsp3) is 0.360. The van der Waals surface area contributed by atoms with Crippen molar-refractivity contribution in [3.8, 4) is 5.75 Å². The zero-order valence-corrected chi connectivity index (χ0v) is 17.2. The van der Waals surface area contributed by atoms with Gasteiger partial charge in [0.1, 0.15) is 12.4 Å². The summed E-state index contributed by atoms with van der Waals surface area (Å²) in [6.07, 6.45) is 7.61. The van der Waals surface area contributed by atoms with Crippen LogP contribution in [0.15, 0.2) is 60.7 Å². The van der Waals surface area contributed by atoms with Crippen molar-refractivity contribution < 1.29 is 14.3 Å². The molecule has 0 N–H and O–H groups in total. The minimum Gasteiger partial charge on any atom is -0.491 e. The van der Waals surface area contributed by atoms with Crippen LogP contribution in [0, 0.1) is 0 Å². The molecule has 0 bridgehead atoms. The van der Waals surface area contributed by atoms with Gasteiger partial charge in [0.25, 0.3) is 5.91 Å². The molecule has 2 aromatic carbocycles. The molecule has 0 aliphatic carbocycles. The van der Waals surface area contributed by atoms with Gasteiger partial charge in [-0.25, -0.2) is 0 Å². The number of hydrogen-bond acceptors (Lipinski definition) is 3. The average molecular weight is 405 g/mol. The molecule has 1 atom stereocenters. The molecule has 2 aromatic rings. The van der Waals surface area contributed by atoms with Crippen molar-refractivity contribution in [2.45, 2.75) is 31.7 Å². The summed E-state index contributed by atoms with van der Waals surface area (Å²) >= 11 is 0. The summed E-state index contributed by atoms with van der Waals surface area (Å²) < 4.78 is 5.95. The van der Waals surface area contributed by atoms with Crippen LogP contribution in [0.3, 0.4) is 0 Å². The van der Waals surface area contributed by atoms with Crippen molar-refractivity contribution in [1.29, 1.82) is 0 Å².